The minimum Gasteiger partial charge on any atom is -0.387 e. The van der Waals surface area contributed by atoms with E-state index in [-0.39, 0.29) is 11.5 Å². The van der Waals surface area contributed by atoms with Crippen molar-refractivity contribution in [3.63, 3.8) is 0 Å². The molecule has 0 amide bonds. The highest BCUT2D eigenvalue weighted by Gasteiger charge is 2.71. The molecule has 3 aliphatic rings. The molecule has 2 saturated heterocycles. The molecule has 6 atom stereocenters. The van der Waals surface area contributed by atoms with Gasteiger partial charge in [0.25, 0.3) is 0 Å². The third-order valence-electron chi connectivity index (χ3n) is 6.17. The number of ether oxygens (including phenoxy) is 1. The predicted octanol–water partition coefficient (Wildman–Crippen LogP) is 2.31. The Balaban J connectivity index is 2.05. The molecule has 0 unspecified atom stereocenters. The molecule has 2 N–H and O–H groups in total. The summed E-state index contributed by atoms with van der Waals surface area (Å²) in [6.45, 7) is 8.54. The summed E-state index contributed by atoms with van der Waals surface area (Å²) in [7, 11) is 0. The monoisotopic (exact) mass is 254 g/mol. The van der Waals surface area contributed by atoms with E-state index in [1.54, 1.807) is 0 Å². The van der Waals surface area contributed by atoms with Gasteiger partial charge >= 0.3 is 0 Å². The smallest absolute Gasteiger partial charge is 0.171 e. The first-order chi connectivity index (χ1) is 8.21. The van der Waals surface area contributed by atoms with Crippen molar-refractivity contribution in [2.24, 2.45) is 23.2 Å². The fourth-order valence-electron chi connectivity index (χ4n) is 4.89. The molecule has 2 aliphatic heterocycles. The number of aliphatic hydroxyl groups is 2. The summed E-state index contributed by atoms with van der Waals surface area (Å²) in [5.41, 5.74) is -0.959. The Morgan fingerprint density at radius 1 is 1.11 bits per heavy atom. The number of hydrogen-bond acceptors (Lipinski definition) is 3. The summed E-state index contributed by atoms with van der Waals surface area (Å²) in [6.07, 6.45) is 3.18. The highest BCUT2D eigenvalue weighted by atomic mass is 16.6. The molecular formula is C15H26O3. The van der Waals surface area contributed by atoms with Crippen LogP contribution in [0.25, 0.3) is 0 Å². The molecule has 3 nitrogen and oxygen atoms in total. The summed E-state index contributed by atoms with van der Waals surface area (Å²) in [4.78, 5) is 0. The second kappa shape index (κ2) is 3.50. The predicted molar refractivity (Wildman–Crippen MR) is 68.8 cm³/mol. The Bertz CT molecular complexity index is 365. The van der Waals surface area contributed by atoms with E-state index in [0.717, 1.165) is 12.8 Å². The third kappa shape index (κ3) is 1.36. The van der Waals surface area contributed by atoms with Crippen molar-refractivity contribution >= 4 is 0 Å². The molecule has 1 aliphatic carbocycles. The molecule has 0 aromatic rings. The standard InChI is InChI=1S/C15H26O3/c1-9(2)10-5-6-13(3)11(10)12-14(4,16)7-8-15(13,17)18-12/h9-12,16-17H,5-8H2,1-4H3/t10-,11+,12-,13+,14-,15-/m1/s1. The molecule has 2 heterocycles. The molecule has 0 spiro atoms. The Morgan fingerprint density at radius 3 is 2.39 bits per heavy atom. The van der Waals surface area contributed by atoms with Crippen LogP contribution in [0.2, 0.25) is 0 Å². The molecule has 0 aromatic carbocycles. The van der Waals surface area contributed by atoms with Crippen LogP contribution >= 0.6 is 0 Å². The van der Waals surface area contributed by atoms with Gasteiger partial charge in [-0.05, 0) is 38.0 Å². The lowest BCUT2D eigenvalue weighted by molar-refractivity contribution is -0.288. The molecule has 0 aromatic heterocycles. The minimum absolute atomic E-state index is 0.174. The first-order valence-electron chi connectivity index (χ1n) is 7.34. The van der Waals surface area contributed by atoms with Gasteiger partial charge < -0.3 is 14.9 Å². The Labute approximate surface area is 110 Å². The van der Waals surface area contributed by atoms with E-state index in [4.69, 9.17) is 4.74 Å². The first-order valence-corrected chi connectivity index (χ1v) is 7.34. The van der Waals surface area contributed by atoms with E-state index >= 15 is 0 Å². The SMILES string of the molecule is CC(C)[C@H]1CC[C@@]2(C)[C@@H]1[C@H]1O[C@]2(O)CC[C@@]1(C)O. The van der Waals surface area contributed by atoms with Crippen LogP contribution in [0.15, 0.2) is 0 Å². The Hall–Kier alpha value is -0.120. The average molecular weight is 254 g/mol. The van der Waals surface area contributed by atoms with Crippen molar-refractivity contribution in [2.75, 3.05) is 0 Å². The molecular weight excluding hydrogens is 228 g/mol. The van der Waals surface area contributed by atoms with Crippen LogP contribution in [-0.2, 0) is 4.74 Å². The lowest BCUT2D eigenvalue weighted by Crippen LogP contribution is -2.51. The summed E-state index contributed by atoms with van der Waals surface area (Å²) in [5.74, 6) is 0.423. The average Bonchev–Trinajstić information content (AvgIpc) is 2.69. The van der Waals surface area contributed by atoms with E-state index in [9.17, 15) is 10.2 Å². The third-order valence-corrected chi connectivity index (χ3v) is 6.17. The van der Waals surface area contributed by atoms with Crippen LogP contribution in [0, 0.1) is 23.2 Å². The molecule has 0 radical (unpaired) electrons. The van der Waals surface area contributed by atoms with Gasteiger partial charge in [-0.1, -0.05) is 20.8 Å². The van der Waals surface area contributed by atoms with Gasteiger partial charge in [-0.15, -0.1) is 0 Å². The normalized spacial score (nSPS) is 59.2. The van der Waals surface area contributed by atoms with E-state index in [1.165, 1.54) is 0 Å². The van der Waals surface area contributed by atoms with Crippen LogP contribution in [0.5, 0.6) is 0 Å². The van der Waals surface area contributed by atoms with Crippen LogP contribution in [-0.4, -0.2) is 27.7 Å². The van der Waals surface area contributed by atoms with Crippen LogP contribution in [0.1, 0.15) is 53.4 Å². The van der Waals surface area contributed by atoms with E-state index in [2.05, 4.69) is 20.8 Å². The molecule has 18 heavy (non-hydrogen) atoms. The summed E-state index contributed by atoms with van der Waals surface area (Å²) < 4.78 is 5.96. The summed E-state index contributed by atoms with van der Waals surface area (Å²) >= 11 is 0. The van der Waals surface area contributed by atoms with Crippen molar-refractivity contribution in [2.45, 2.75) is 70.9 Å². The quantitative estimate of drug-likeness (QED) is 0.755. The highest BCUT2D eigenvalue weighted by molar-refractivity contribution is 5.16. The second-order valence-corrected chi connectivity index (χ2v) is 7.57. The van der Waals surface area contributed by atoms with Crippen LogP contribution in [0.4, 0.5) is 0 Å². The number of rotatable bonds is 1. The van der Waals surface area contributed by atoms with Crippen molar-refractivity contribution in [1.82, 2.24) is 0 Å². The van der Waals surface area contributed by atoms with Gasteiger partial charge in [-0.2, -0.15) is 0 Å². The Kier molecular flexibility index (Phi) is 2.51. The zero-order chi connectivity index (χ0) is 13.3. The molecule has 3 fully saturated rings. The van der Waals surface area contributed by atoms with Crippen molar-refractivity contribution < 1.29 is 14.9 Å². The zero-order valence-electron chi connectivity index (χ0n) is 11.9. The first kappa shape index (κ1) is 12.9. The Morgan fingerprint density at radius 2 is 1.78 bits per heavy atom. The van der Waals surface area contributed by atoms with Crippen molar-refractivity contribution in [1.29, 1.82) is 0 Å². The molecule has 1 saturated carbocycles. The minimum atomic E-state index is -1.01. The fraction of sp³-hybridized carbons (Fsp3) is 1.00. The van der Waals surface area contributed by atoms with E-state index in [0.29, 0.717) is 30.6 Å². The maximum absolute atomic E-state index is 10.8. The zero-order valence-corrected chi connectivity index (χ0v) is 11.9. The van der Waals surface area contributed by atoms with Gasteiger partial charge in [-0.3, -0.25) is 0 Å². The van der Waals surface area contributed by atoms with Crippen LogP contribution < -0.4 is 0 Å². The van der Waals surface area contributed by atoms with E-state index in [1.807, 2.05) is 6.92 Å². The topological polar surface area (TPSA) is 49.7 Å². The van der Waals surface area contributed by atoms with Gasteiger partial charge in [0.15, 0.2) is 5.79 Å². The number of fused-ring (bicyclic) bond motifs is 5. The van der Waals surface area contributed by atoms with Crippen molar-refractivity contribution in [3.8, 4) is 0 Å². The molecule has 2 bridgehead atoms. The van der Waals surface area contributed by atoms with Crippen LogP contribution in [0.3, 0.4) is 0 Å². The number of hydrogen-bond donors (Lipinski definition) is 2. The molecule has 3 heteroatoms. The maximum Gasteiger partial charge on any atom is 0.171 e. The van der Waals surface area contributed by atoms with Gasteiger partial charge in [0.1, 0.15) is 0 Å². The second-order valence-electron chi connectivity index (χ2n) is 7.57. The fourth-order valence-corrected chi connectivity index (χ4v) is 4.89. The summed E-state index contributed by atoms with van der Waals surface area (Å²) in [5, 5.41) is 21.4. The summed E-state index contributed by atoms with van der Waals surface area (Å²) in [6, 6.07) is 0. The van der Waals surface area contributed by atoms with Gasteiger partial charge in [0.05, 0.1) is 11.7 Å². The molecule has 104 valence electrons. The largest absolute Gasteiger partial charge is 0.387 e. The lowest BCUT2D eigenvalue weighted by atomic mass is 9.69. The van der Waals surface area contributed by atoms with Crippen molar-refractivity contribution in [3.05, 3.63) is 0 Å². The van der Waals surface area contributed by atoms with Gasteiger partial charge in [0, 0.05) is 17.8 Å². The van der Waals surface area contributed by atoms with Gasteiger partial charge in [-0.25, -0.2) is 0 Å². The maximum atomic E-state index is 10.8. The molecule has 3 rings (SSSR count). The highest BCUT2D eigenvalue weighted by Crippen LogP contribution is 2.67. The lowest BCUT2D eigenvalue weighted by Gasteiger charge is -2.42. The van der Waals surface area contributed by atoms with Gasteiger partial charge in [0.2, 0.25) is 0 Å². The van der Waals surface area contributed by atoms with E-state index < -0.39 is 11.4 Å².